The van der Waals surface area contributed by atoms with Crippen molar-refractivity contribution in [2.45, 2.75) is 0 Å². The Morgan fingerprint density at radius 1 is 1.09 bits per heavy atom. The maximum absolute atomic E-state index is 11.1. The predicted octanol–water partition coefficient (Wildman–Crippen LogP) is 5.24. The lowest BCUT2D eigenvalue weighted by Crippen LogP contribution is -1.94. The Bertz CT molecular complexity index is 884. The fourth-order valence-corrected chi connectivity index (χ4v) is 2.43. The summed E-state index contributed by atoms with van der Waals surface area (Å²) in [5, 5.41) is 12.5. The Morgan fingerprint density at radius 2 is 1.91 bits per heavy atom. The van der Waals surface area contributed by atoms with Crippen LogP contribution < -0.4 is 4.74 Å². The maximum atomic E-state index is 11.1. The van der Waals surface area contributed by atoms with E-state index in [4.69, 9.17) is 27.9 Å². The maximum Gasteiger partial charge on any atom is 0.313 e. The Kier molecular flexibility index (Phi) is 3.83. The van der Waals surface area contributed by atoms with Gasteiger partial charge in [-0.25, -0.2) is 0 Å². The molecule has 0 aliphatic heterocycles. The number of nitro benzene ring substituents is 1. The number of nitro groups is 1. The van der Waals surface area contributed by atoms with Crippen molar-refractivity contribution in [2.24, 2.45) is 0 Å². The van der Waals surface area contributed by atoms with Crippen LogP contribution in [0, 0.1) is 10.1 Å². The summed E-state index contributed by atoms with van der Waals surface area (Å²) in [6, 6.07) is 11.1. The fourth-order valence-electron chi connectivity index (χ4n) is 2.04. The largest absolute Gasteiger partial charge is 0.449 e. The van der Waals surface area contributed by atoms with Gasteiger partial charge in [0.2, 0.25) is 5.75 Å². The summed E-state index contributed by atoms with van der Waals surface area (Å²) in [5.41, 5.74) is 0.359. The summed E-state index contributed by atoms with van der Waals surface area (Å²) in [6.45, 7) is 0. The molecule has 0 amide bonds. The minimum Gasteiger partial charge on any atom is -0.449 e. The van der Waals surface area contributed by atoms with E-state index in [1.165, 1.54) is 24.4 Å². The van der Waals surface area contributed by atoms with Crippen LogP contribution in [0.25, 0.3) is 10.9 Å². The summed E-state index contributed by atoms with van der Waals surface area (Å²) in [7, 11) is 0. The van der Waals surface area contributed by atoms with Crippen molar-refractivity contribution in [3.63, 3.8) is 0 Å². The van der Waals surface area contributed by atoms with Crippen LogP contribution in [0.1, 0.15) is 0 Å². The number of hydrogen-bond acceptors (Lipinski definition) is 4. The molecule has 0 N–H and O–H groups in total. The van der Waals surface area contributed by atoms with Crippen LogP contribution in [-0.2, 0) is 0 Å². The van der Waals surface area contributed by atoms with Gasteiger partial charge in [0.15, 0.2) is 0 Å². The number of halogens is 2. The quantitative estimate of drug-likeness (QED) is 0.485. The molecule has 0 aliphatic rings. The minimum absolute atomic E-state index is 0.0990. The lowest BCUT2D eigenvalue weighted by Gasteiger charge is -2.09. The van der Waals surface area contributed by atoms with Gasteiger partial charge in [-0.05, 0) is 30.3 Å². The van der Waals surface area contributed by atoms with Crippen LogP contribution in [0.2, 0.25) is 10.0 Å². The average Bonchev–Trinajstić information content (AvgIpc) is 2.50. The summed E-state index contributed by atoms with van der Waals surface area (Å²) >= 11 is 11.9. The molecule has 0 saturated heterocycles. The Balaban J connectivity index is 2.12. The molecule has 0 radical (unpaired) electrons. The summed E-state index contributed by atoms with van der Waals surface area (Å²) in [6.07, 6.45) is 1.53. The second-order valence-electron chi connectivity index (χ2n) is 4.42. The molecule has 2 aromatic carbocycles. The molecular formula is C15H8Cl2N2O3. The molecule has 0 unspecified atom stereocenters. The molecule has 22 heavy (non-hydrogen) atoms. The van der Waals surface area contributed by atoms with Gasteiger partial charge in [-0.3, -0.25) is 15.1 Å². The molecule has 3 aromatic rings. The predicted molar refractivity (Wildman–Crippen MR) is 84.9 cm³/mol. The van der Waals surface area contributed by atoms with Crippen LogP contribution >= 0.6 is 23.2 Å². The van der Waals surface area contributed by atoms with E-state index in [0.717, 1.165) is 0 Å². The second-order valence-corrected chi connectivity index (χ2v) is 5.26. The Labute approximate surface area is 135 Å². The van der Waals surface area contributed by atoms with Crippen molar-refractivity contribution in [2.75, 3.05) is 0 Å². The second kappa shape index (κ2) is 5.79. The molecule has 0 aliphatic carbocycles. The van der Waals surface area contributed by atoms with Gasteiger partial charge < -0.3 is 4.74 Å². The van der Waals surface area contributed by atoms with Gasteiger partial charge in [-0.15, -0.1) is 0 Å². The summed E-state index contributed by atoms with van der Waals surface area (Å²) < 4.78 is 5.70. The molecule has 0 saturated carbocycles. The molecule has 1 heterocycles. The van der Waals surface area contributed by atoms with Crippen molar-refractivity contribution >= 4 is 39.8 Å². The van der Waals surface area contributed by atoms with E-state index < -0.39 is 4.92 Å². The number of ether oxygens (including phenoxy) is 1. The zero-order valence-corrected chi connectivity index (χ0v) is 12.5. The van der Waals surface area contributed by atoms with Gasteiger partial charge in [0.05, 0.1) is 15.5 Å². The zero-order valence-electron chi connectivity index (χ0n) is 11.0. The first-order valence-electron chi connectivity index (χ1n) is 6.21. The van der Waals surface area contributed by atoms with Gasteiger partial charge in [0.25, 0.3) is 0 Å². The van der Waals surface area contributed by atoms with E-state index >= 15 is 0 Å². The Morgan fingerprint density at radius 3 is 2.68 bits per heavy atom. The first-order valence-corrected chi connectivity index (χ1v) is 6.97. The molecular weight excluding hydrogens is 327 g/mol. The monoisotopic (exact) mass is 334 g/mol. The third-order valence-corrected chi connectivity index (χ3v) is 3.56. The Hall–Kier alpha value is -2.37. The normalized spacial score (nSPS) is 10.6. The molecule has 0 spiro atoms. The molecule has 0 atom stereocenters. The number of aromatic nitrogens is 1. The molecule has 110 valence electrons. The summed E-state index contributed by atoms with van der Waals surface area (Å²) in [5.74, 6) is 0.528. The van der Waals surface area contributed by atoms with Crippen molar-refractivity contribution in [1.29, 1.82) is 0 Å². The van der Waals surface area contributed by atoms with Crippen LogP contribution in [-0.4, -0.2) is 9.91 Å². The van der Waals surface area contributed by atoms with Crippen molar-refractivity contribution in [3.8, 4) is 11.5 Å². The van der Waals surface area contributed by atoms with Crippen LogP contribution in [0.5, 0.6) is 11.5 Å². The smallest absolute Gasteiger partial charge is 0.313 e. The first kappa shape index (κ1) is 14.6. The fraction of sp³-hybridized carbons (Fsp3) is 0. The van der Waals surface area contributed by atoms with E-state index in [1.54, 1.807) is 24.3 Å². The third kappa shape index (κ3) is 2.68. The molecule has 0 fully saturated rings. The van der Waals surface area contributed by atoms with Crippen molar-refractivity contribution in [3.05, 3.63) is 68.8 Å². The van der Waals surface area contributed by atoms with Crippen LogP contribution in [0.3, 0.4) is 0 Å². The van der Waals surface area contributed by atoms with Gasteiger partial charge in [-0.2, -0.15) is 0 Å². The van der Waals surface area contributed by atoms with E-state index in [1.807, 2.05) is 0 Å². The molecule has 5 nitrogen and oxygen atoms in total. The van der Waals surface area contributed by atoms with Crippen LogP contribution in [0.4, 0.5) is 5.69 Å². The van der Waals surface area contributed by atoms with Gasteiger partial charge in [-0.1, -0.05) is 29.3 Å². The average molecular weight is 335 g/mol. The van der Waals surface area contributed by atoms with E-state index in [2.05, 4.69) is 4.98 Å². The standard InChI is InChI=1S/C15H8Cl2N2O3/c16-9-4-5-14(12(8-9)19(20)21)22-13-6-7-18-15-10(13)2-1-3-11(15)17/h1-8H. The van der Waals surface area contributed by atoms with Crippen molar-refractivity contribution < 1.29 is 9.66 Å². The number of hydrogen-bond donors (Lipinski definition) is 0. The van der Waals surface area contributed by atoms with Crippen LogP contribution in [0.15, 0.2) is 48.7 Å². The van der Waals surface area contributed by atoms with E-state index in [0.29, 0.717) is 21.7 Å². The number of para-hydroxylation sites is 1. The highest BCUT2D eigenvalue weighted by atomic mass is 35.5. The molecule has 0 bridgehead atoms. The molecule has 1 aromatic heterocycles. The number of nitrogens with zero attached hydrogens (tertiary/aromatic N) is 2. The van der Waals surface area contributed by atoms with Gasteiger partial charge in [0.1, 0.15) is 5.75 Å². The number of fused-ring (bicyclic) bond motifs is 1. The highest BCUT2D eigenvalue weighted by Crippen LogP contribution is 2.37. The third-order valence-electron chi connectivity index (χ3n) is 3.02. The van der Waals surface area contributed by atoms with Crippen molar-refractivity contribution in [1.82, 2.24) is 4.98 Å². The number of benzene rings is 2. The van der Waals surface area contributed by atoms with Gasteiger partial charge in [0, 0.05) is 22.7 Å². The van der Waals surface area contributed by atoms with E-state index in [-0.39, 0.29) is 16.5 Å². The lowest BCUT2D eigenvalue weighted by molar-refractivity contribution is -0.385. The highest BCUT2D eigenvalue weighted by molar-refractivity contribution is 6.35. The molecule has 3 rings (SSSR count). The van der Waals surface area contributed by atoms with Gasteiger partial charge >= 0.3 is 5.69 Å². The zero-order chi connectivity index (χ0) is 15.7. The van der Waals surface area contributed by atoms with E-state index in [9.17, 15) is 10.1 Å². The topological polar surface area (TPSA) is 65.3 Å². The number of pyridine rings is 1. The minimum atomic E-state index is -0.544. The summed E-state index contributed by atoms with van der Waals surface area (Å²) in [4.78, 5) is 14.8. The molecule has 7 heteroatoms. The first-order chi connectivity index (χ1) is 10.6. The lowest BCUT2D eigenvalue weighted by atomic mass is 10.2. The number of rotatable bonds is 3. The highest BCUT2D eigenvalue weighted by Gasteiger charge is 2.17. The SMILES string of the molecule is O=[N+]([O-])c1cc(Cl)ccc1Oc1ccnc2c(Cl)cccc12.